The van der Waals surface area contributed by atoms with Gasteiger partial charge in [-0.05, 0) is 17.9 Å². The number of aromatic nitrogens is 2. The lowest BCUT2D eigenvalue weighted by atomic mass is 10.0. The molecule has 1 N–H and O–H groups in total. The van der Waals surface area contributed by atoms with Crippen LogP contribution in [0.5, 0.6) is 0 Å². The highest BCUT2D eigenvalue weighted by Gasteiger charge is 2.24. The van der Waals surface area contributed by atoms with Crippen molar-refractivity contribution in [2.24, 2.45) is 5.92 Å². The van der Waals surface area contributed by atoms with E-state index in [0.717, 1.165) is 17.0 Å². The molecule has 1 aliphatic heterocycles. The summed E-state index contributed by atoms with van der Waals surface area (Å²) in [5.41, 5.74) is 2.31. The van der Waals surface area contributed by atoms with Crippen LogP contribution >= 0.6 is 11.3 Å². The molecular formula is C16H19N3O2S. The van der Waals surface area contributed by atoms with Crippen LogP contribution in [0.15, 0.2) is 24.3 Å². The fourth-order valence-electron chi connectivity index (χ4n) is 2.35. The molecular weight excluding hydrogens is 298 g/mol. The van der Waals surface area contributed by atoms with Crippen molar-refractivity contribution in [1.29, 1.82) is 0 Å². The van der Waals surface area contributed by atoms with Crippen LogP contribution in [0.4, 0.5) is 5.13 Å². The Labute approximate surface area is 133 Å². The third-order valence-electron chi connectivity index (χ3n) is 3.78. The third-order valence-corrected chi connectivity index (χ3v) is 4.67. The van der Waals surface area contributed by atoms with E-state index < -0.39 is 0 Å². The van der Waals surface area contributed by atoms with Crippen molar-refractivity contribution in [3.63, 3.8) is 0 Å². The molecule has 0 spiro atoms. The summed E-state index contributed by atoms with van der Waals surface area (Å²) in [5.74, 6) is 0.403. The summed E-state index contributed by atoms with van der Waals surface area (Å²) in [6.45, 7) is 5.48. The number of amides is 1. The van der Waals surface area contributed by atoms with Gasteiger partial charge in [0.15, 0.2) is 0 Å². The molecule has 1 aromatic heterocycles. The Bertz CT molecular complexity index is 646. The normalized spacial score (nSPS) is 17.9. The number of rotatable bonds is 4. The molecule has 1 atom stereocenters. The van der Waals surface area contributed by atoms with Gasteiger partial charge >= 0.3 is 0 Å². The smallest absolute Gasteiger partial charge is 0.231 e. The van der Waals surface area contributed by atoms with Gasteiger partial charge in [0.1, 0.15) is 5.01 Å². The van der Waals surface area contributed by atoms with Gasteiger partial charge in [-0.15, -0.1) is 10.2 Å². The Hall–Kier alpha value is -1.79. The van der Waals surface area contributed by atoms with Gasteiger partial charge in [-0.2, -0.15) is 0 Å². The first kappa shape index (κ1) is 15.1. The number of nitrogens with zero attached hydrogens (tertiary/aromatic N) is 2. The molecule has 5 nitrogen and oxygen atoms in total. The minimum atomic E-state index is -0.0716. The van der Waals surface area contributed by atoms with Gasteiger partial charge < -0.3 is 10.1 Å². The minimum absolute atomic E-state index is 0.0321. The zero-order valence-corrected chi connectivity index (χ0v) is 13.5. The van der Waals surface area contributed by atoms with E-state index in [1.54, 1.807) is 0 Å². The van der Waals surface area contributed by atoms with Crippen LogP contribution in [0.25, 0.3) is 10.6 Å². The van der Waals surface area contributed by atoms with Crippen LogP contribution in [0.2, 0.25) is 0 Å². The van der Waals surface area contributed by atoms with E-state index in [9.17, 15) is 4.79 Å². The first-order chi connectivity index (χ1) is 10.6. The molecule has 0 bridgehead atoms. The van der Waals surface area contributed by atoms with Gasteiger partial charge in [0.2, 0.25) is 11.0 Å². The van der Waals surface area contributed by atoms with E-state index in [0.29, 0.717) is 24.3 Å². The number of carbonyl (C=O) groups excluding carboxylic acids is 1. The van der Waals surface area contributed by atoms with Crippen molar-refractivity contribution in [2.75, 3.05) is 18.5 Å². The summed E-state index contributed by atoms with van der Waals surface area (Å²) >= 11 is 1.39. The molecule has 1 amide bonds. The Morgan fingerprint density at radius 3 is 2.73 bits per heavy atom. The zero-order valence-electron chi connectivity index (χ0n) is 12.7. The van der Waals surface area contributed by atoms with Crippen LogP contribution in [-0.2, 0) is 9.53 Å². The maximum Gasteiger partial charge on any atom is 0.231 e. The number of carbonyl (C=O) groups is 1. The predicted octanol–water partition coefficient (Wildman–Crippen LogP) is 3.30. The summed E-state index contributed by atoms with van der Waals surface area (Å²) < 4.78 is 5.23. The third kappa shape index (κ3) is 3.34. The Morgan fingerprint density at radius 2 is 2.09 bits per heavy atom. The van der Waals surface area contributed by atoms with Gasteiger partial charge in [-0.1, -0.05) is 49.4 Å². The van der Waals surface area contributed by atoms with E-state index in [4.69, 9.17) is 4.74 Å². The van der Waals surface area contributed by atoms with Crippen molar-refractivity contribution < 1.29 is 9.53 Å². The average molecular weight is 317 g/mol. The van der Waals surface area contributed by atoms with Crippen LogP contribution in [-0.4, -0.2) is 29.3 Å². The average Bonchev–Trinajstić information content (AvgIpc) is 3.19. The van der Waals surface area contributed by atoms with Gasteiger partial charge in [0.25, 0.3) is 0 Å². The Morgan fingerprint density at radius 1 is 1.32 bits per heavy atom. The summed E-state index contributed by atoms with van der Waals surface area (Å²) in [7, 11) is 0. The minimum Gasteiger partial charge on any atom is -0.381 e. The van der Waals surface area contributed by atoms with Crippen molar-refractivity contribution in [2.45, 2.75) is 26.2 Å². The van der Waals surface area contributed by atoms with E-state index in [-0.39, 0.29) is 11.8 Å². The maximum atomic E-state index is 12.0. The first-order valence-electron chi connectivity index (χ1n) is 7.46. The second-order valence-corrected chi connectivity index (χ2v) is 6.72. The van der Waals surface area contributed by atoms with E-state index >= 15 is 0 Å². The second-order valence-electron chi connectivity index (χ2n) is 5.74. The summed E-state index contributed by atoms with van der Waals surface area (Å²) in [6, 6.07) is 8.31. The zero-order chi connectivity index (χ0) is 15.5. The lowest BCUT2D eigenvalue weighted by Crippen LogP contribution is -2.22. The van der Waals surface area contributed by atoms with Gasteiger partial charge in [-0.3, -0.25) is 4.79 Å². The van der Waals surface area contributed by atoms with Gasteiger partial charge in [-0.25, -0.2) is 0 Å². The van der Waals surface area contributed by atoms with Crippen LogP contribution in [0.1, 0.15) is 31.7 Å². The Kier molecular flexibility index (Phi) is 4.49. The number of ether oxygens (including phenoxy) is 1. The highest BCUT2D eigenvalue weighted by molar-refractivity contribution is 7.18. The fourth-order valence-corrected chi connectivity index (χ4v) is 3.10. The lowest BCUT2D eigenvalue weighted by molar-refractivity contribution is -0.119. The van der Waals surface area contributed by atoms with E-state index in [1.165, 1.54) is 16.9 Å². The Balaban J connectivity index is 1.69. The highest BCUT2D eigenvalue weighted by Crippen LogP contribution is 2.28. The van der Waals surface area contributed by atoms with Crippen LogP contribution in [0, 0.1) is 5.92 Å². The highest BCUT2D eigenvalue weighted by atomic mass is 32.1. The molecule has 0 aliphatic carbocycles. The summed E-state index contributed by atoms with van der Waals surface area (Å²) in [6.07, 6.45) is 0.772. The largest absolute Gasteiger partial charge is 0.381 e. The van der Waals surface area contributed by atoms with E-state index in [2.05, 4.69) is 41.5 Å². The quantitative estimate of drug-likeness (QED) is 0.939. The maximum absolute atomic E-state index is 12.0. The van der Waals surface area contributed by atoms with Crippen molar-refractivity contribution in [3.05, 3.63) is 29.8 Å². The van der Waals surface area contributed by atoms with Crippen molar-refractivity contribution in [3.8, 4) is 10.6 Å². The monoisotopic (exact) mass is 317 g/mol. The second kappa shape index (κ2) is 6.54. The number of hydrogen-bond acceptors (Lipinski definition) is 5. The summed E-state index contributed by atoms with van der Waals surface area (Å²) in [4.78, 5) is 12.0. The topological polar surface area (TPSA) is 64.1 Å². The molecule has 1 unspecified atom stereocenters. The number of anilines is 1. The first-order valence-corrected chi connectivity index (χ1v) is 8.27. The molecule has 0 radical (unpaired) electrons. The molecule has 3 rings (SSSR count). The molecule has 1 aromatic carbocycles. The number of nitrogens with one attached hydrogen (secondary N) is 1. The molecule has 1 saturated heterocycles. The van der Waals surface area contributed by atoms with Crippen molar-refractivity contribution in [1.82, 2.24) is 10.2 Å². The van der Waals surface area contributed by atoms with Crippen LogP contribution < -0.4 is 5.32 Å². The predicted molar refractivity (Wildman–Crippen MR) is 87.0 cm³/mol. The molecule has 1 aliphatic rings. The lowest BCUT2D eigenvalue weighted by Gasteiger charge is -2.05. The van der Waals surface area contributed by atoms with E-state index in [1.807, 2.05) is 12.1 Å². The molecule has 2 aromatic rings. The molecule has 22 heavy (non-hydrogen) atoms. The molecule has 116 valence electrons. The van der Waals surface area contributed by atoms with Gasteiger partial charge in [0.05, 0.1) is 12.5 Å². The molecule has 0 saturated carbocycles. The standard InChI is InChI=1S/C16H19N3O2S/c1-10(2)11-3-5-12(6-4-11)15-18-19-16(22-15)17-14(20)13-7-8-21-9-13/h3-6,10,13H,7-9H2,1-2H3,(H,17,19,20). The number of benzene rings is 1. The molecule has 6 heteroatoms. The van der Waals surface area contributed by atoms with Gasteiger partial charge in [0, 0.05) is 12.2 Å². The van der Waals surface area contributed by atoms with Crippen LogP contribution in [0.3, 0.4) is 0 Å². The summed E-state index contributed by atoms with van der Waals surface area (Å²) in [5, 5.41) is 12.4. The molecule has 1 fully saturated rings. The SMILES string of the molecule is CC(C)c1ccc(-c2nnc(NC(=O)C3CCOC3)s2)cc1. The molecule has 2 heterocycles. The fraction of sp³-hybridized carbons (Fsp3) is 0.438. The number of hydrogen-bond donors (Lipinski definition) is 1. The van der Waals surface area contributed by atoms with Crippen molar-refractivity contribution >= 4 is 22.4 Å².